The lowest BCUT2D eigenvalue weighted by atomic mass is 9.82. The Morgan fingerprint density at radius 2 is 1.73 bits per heavy atom. The molecule has 1 heterocycles. The fraction of sp³-hybridized carbons (Fsp3) is 0.571. The monoisotopic (exact) mass is 398 g/mol. The Kier molecular flexibility index (Phi) is 3.63. The minimum atomic E-state index is -1.89. The van der Waals surface area contributed by atoms with Crippen molar-refractivity contribution in [3.63, 3.8) is 0 Å². The van der Waals surface area contributed by atoms with E-state index in [1.54, 1.807) is 0 Å². The number of carbonyl (C=O) groups is 1. The Hall–Kier alpha value is -0.919. The zero-order valence-corrected chi connectivity index (χ0v) is 20.1. The van der Waals surface area contributed by atoms with Crippen molar-refractivity contribution in [1.82, 2.24) is 5.73 Å². The van der Waals surface area contributed by atoms with Crippen molar-refractivity contribution >= 4 is 34.3 Å². The van der Waals surface area contributed by atoms with Crippen LogP contribution in [0.25, 0.3) is 6.08 Å². The predicted molar refractivity (Wildman–Crippen MR) is 118 cm³/mol. The SMILES string of the molecule is C[Si]1(C)C2(C([NH])=O)CCCC2(c2cccc3c2C=CC3)[Si](C)(C)[Si]1(C)C. The van der Waals surface area contributed by atoms with Crippen LogP contribution >= 0.6 is 0 Å². The van der Waals surface area contributed by atoms with Crippen molar-refractivity contribution in [2.75, 3.05) is 0 Å². The minimum Gasteiger partial charge on any atom is -0.273 e. The van der Waals surface area contributed by atoms with Crippen LogP contribution in [0.4, 0.5) is 0 Å². The van der Waals surface area contributed by atoms with Crippen LogP contribution in [0.5, 0.6) is 0 Å². The van der Waals surface area contributed by atoms with E-state index in [2.05, 4.69) is 69.6 Å². The highest BCUT2D eigenvalue weighted by Gasteiger charge is 2.84. The predicted octanol–water partition coefficient (Wildman–Crippen LogP) is 5.06. The van der Waals surface area contributed by atoms with E-state index < -0.39 is 22.3 Å². The maximum absolute atomic E-state index is 13.2. The van der Waals surface area contributed by atoms with Crippen molar-refractivity contribution in [2.45, 2.75) is 75.0 Å². The highest BCUT2D eigenvalue weighted by Crippen LogP contribution is 2.76. The molecular formula is C21H32NOSi3. The molecule has 1 aliphatic heterocycles. The van der Waals surface area contributed by atoms with Crippen molar-refractivity contribution < 1.29 is 4.79 Å². The zero-order valence-electron chi connectivity index (χ0n) is 17.1. The van der Waals surface area contributed by atoms with Gasteiger partial charge in [0.15, 0.2) is 0 Å². The third kappa shape index (κ3) is 1.59. The molecule has 1 aromatic rings. The fourth-order valence-corrected chi connectivity index (χ4v) is 51.3. The number of hydrogen-bond donors (Lipinski definition) is 0. The molecule has 1 saturated carbocycles. The Labute approximate surface area is 160 Å². The van der Waals surface area contributed by atoms with Gasteiger partial charge in [-0.05, 0) is 41.0 Å². The number of allylic oxidation sites excluding steroid dienone is 1. The molecule has 0 spiro atoms. The highest BCUT2D eigenvalue weighted by atomic mass is 29.6. The first kappa shape index (κ1) is 18.4. The van der Waals surface area contributed by atoms with Crippen molar-refractivity contribution in [1.29, 1.82) is 0 Å². The molecule has 0 bridgehead atoms. The second-order valence-corrected chi connectivity index (χ2v) is 38.3. The molecule has 5 heteroatoms. The molecule has 1 aromatic carbocycles. The third-order valence-electron chi connectivity index (χ3n) is 9.76. The van der Waals surface area contributed by atoms with Crippen LogP contribution in [-0.4, -0.2) is 28.2 Å². The Morgan fingerprint density at radius 1 is 1.04 bits per heavy atom. The molecular weight excluding hydrogens is 366 g/mol. The van der Waals surface area contributed by atoms with E-state index >= 15 is 0 Å². The van der Waals surface area contributed by atoms with E-state index in [0.717, 1.165) is 25.7 Å². The van der Waals surface area contributed by atoms with Gasteiger partial charge in [-0.3, -0.25) is 10.5 Å². The topological polar surface area (TPSA) is 40.9 Å². The number of rotatable bonds is 2. The molecule has 0 aromatic heterocycles. The van der Waals surface area contributed by atoms with Gasteiger partial charge in [0.25, 0.3) is 0 Å². The summed E-state index contributed by atoms with van der Waals surface area (Å²) < 4.78 is 0. The minimum absolute atomic E-state index is 0.0235. The normalized spacial score (nSPS) is 35.3. The Bertz CT molecular complexity index is 842. The lowest BCUT2D eigenvalue weighted by Gasteiger charge is -2.50. The van der Waals surface area contributed by atoms with Crippen LogP contribution in [0, 0.1) is 0 Å². The molecule has 2 aliphatic carbocycles. The summed E-state index contributed by atoms with van der Waals surface area (Å²) in [6.45, 7) is 15.4. The first-order valence-electron chi connectivity index (χ1n) is 10.0. The summed E-state index contributed by atoms with van der Waals surface area (Å²) in [5.74, 6) is -0.218. The average molecular weight is 399 g/mol. The maximum Gasteiger partial charge on any atom is 0.242 e. The first-order chi connectivity index (χ1) is 12.0. The average Bonchev–Trinajstić information content (AvgIpc) is 3.20. The van der Waals surface area contributed by atoms with Gasteiger partial charge in [-0.1, -0.05) is 76.1 Å². The molecule has 1 radical (unpaired) electrons. The number of hydrogen-bond acceptors (Lipinski definition) is 1. The van der Waals surface area contributed by atoms with Crippen LogP contribution in [-0.2, 0) is 16.3 Å². The highest BCUT2D eigenvalue weighted by molar-refractivity contribution is 7.72. The summed E-state index contributed by atoms with van der Waals surface area (Å²) in [6.07, 6.45) is 8.82. The first-order valence-corrected chi connectivity index (χ1v) is 21.0. The molecule has 1 amide bonds. The second kappa shape index (κ2) is 5.11. The Morgan fingerprint density at radius 3 is 2.38 bits per heavy atom. The van der Waals surface area contributed by atoms with Gasteiger partial charge in [0, 0.05) is 12.1 Å². The van der Waals surface area contributed by atoms with Gasteiger partial charge in [-0.15, -0.1) is 0 Å². The summed E-state index contributed by atoms with van der Waals surface area (Å²) in [5, 5.41) is -0.388. The van der Waals surface area contributed by atoms with E-state index in [9.17, 15) is 4.79 Å². The number of nitrogens with one attached hydrogen (secondary N) is 1. The summed E-state index contributed by atoms with van der Waals surface area (Å²) in [6, 6.07) is 6.81. The number of amides is 1. The van der Waals surface area contributed by atoms with Crippen molar-refractivity contribution in [2.24, 2.45) is 0 Å². The van der Waals surface area contributed by atoms with Gasteiger partial charge < -0.3 is 0 Å². The molecule has 1 N–H and O–H groups in total. The molecule has 2 fully saturated rings. The summed E-state index contributed by atoms with van der Waals surface area (Å²) in [7, 11) is -5.27. The lowest BCUT2D eigenvalue weighted by molar-refractivity contribution is -0.122. The quantitative estimate of drug-likeness (QED) is 0.642. The number of benzene rings is 1. The summed E-state index contributed by atoms with van der Waals surface area (Å²) in [4.78, 5) is 13.2. The van der Waals surface area contributed by atoms with Gasteiger partial charge in [-0.25, -0.2) is 0 Å². The Balaban J connectivity index is 2.16. The summed E-state index contributed by atoms with van der Waals surface area (Å²) >= 11 is 0. The van der Waals surface area contributed by atoms with Gasteiger partial charge in [0.2, 0.25) is 5.91 Å². The van der Waals surface area contributed by atoms with Crippen LogP contribution < -0.4 is 5.73 Å². The summed E-state index contributed by atoms with van der Waals surface area (Å²) in [5.41, 5.74) is 12.9. The number of fused-ring (bicyclic) bond motifs is 2. The van der Waals surface area contributed by atoms with Crippen LogP contribution in [0.1, 0.15) is 36.0 Å². The second-order valence-electron chi connectivity index (χ2n) is 10.4. The fourth-order valence-electron chi connectivity index (χ4n) is 7.54. The van der Waals surface area contributed by atoms with Crippen LogP contribution in [0.2, 0.25) is 44.3 Å². The van der Waals surface area contributed by atoms with Gasteiger partial charge in [-0.2, -0.15) is 0 Å². The van der Waals surface area contributed by atoms with Gasteiger partial charge in [0.1, 0.15) is 0 Å². The molecule has 3 aliphatic rings. The van der Waals surface area contributed by atoms with Gasteiger partial charge in [0.05, 0.1) is 15.2 Å². The molecule has 2 unspecified atom stereocenters. The lowest BCUT2D eigenvalue weighted by Crippen LogP contribution is -2.68. The molecule has 26 heavy (non-hydrogen) atoms. The van der Waals surface area contributed by atoms with E-state index in [1.807, 2.05) is 0 Å². The van der Waals surface area contributed by atoms with Crippen molar-refractivity contribution in [3.8, 4) is 0 Å². The standard InChI is InChI=1S/C21H32NOSi3/c1-24(2)20(18-13-8-11-16-10-7-12-17(16)18)14-9-15-21(20,19(22)23)25(3,4)26(24,5)6/h7-8,11-13,22H,9-10,14-15H2,1-6H3. The van der Waals surface area contributed by atoms with Crippen LogP contribution in [0.3, 0.4) is 0 Å². The zero-order chi connectivity index (χ0) is 19.2. The molecule has 139 valence electrons. The molecule has 4 rings (SSSR count). The molecule has 2 atom stereocenters. The van der Waals surface area contributed by atoms with E-state index in [1.165, 1.54) is 16.7 Å². The van der Waals surface area contributed by atoms with Crippen molar-refractivity contribution in [3.05, 3.63) is 41.0 Å². The van der Waals surface area contributed by atoms with E-state index in [-0.39, 0.29) is 16.0 Å². The smallest absolute Gasteiger partial charge is 0.242 e. The van der Waals surface area contributed by atoms with E-state index in [0.29, 0.717) is 0 Å². The van der Waals surface area contributed by atoms with Crippen LogP contribution in [0.15, 0.2) is 24.3 Å². The van der Waals surface area contributed by atoms with E-state index in [4.69, 9.17) is 5.73 Å². The maximum atomic E-state index is 13.2. The molecule has 1 saturated heterocycles. The van der Waals surface area contributed by atoms with Gasteiger partial charge >= 0.3 is 0 Å². The third-order valence-corrected chi connectivity index (χ3v) is 54.9. The number of carbonyl (C=O) groups excluding carboxylic acids is 1. The molecule has 2 nitrogen and oxygen atoms in total. The largest absolute Gasteiger partial charge is 0.273 e.